The predicted molar refractivity (Wildman–Crippen MR) is 96.7 cm³/mol. The highest BCUT2D eigenvalue weighted by Crippen LogP contribution is 2.37. The van der Waals surface area contributed by atoms with Crippen molar-refractivity contribution in [1.82, 2.24) is 5.32 Å². The van der Waals surface area contributed by atoms with Gasteiger partial charge in [-0.3, -0.25) is 14.9 Å². The summed E-state index contributed by atoms with van der Waals surface area (Å²) in [5.74, 6) is -0.834. The van der Waals surface area contributed by atoms with Gasteiger partial charge in [0, 0.05) is 4.88 Å². The van der Waals surface area contributed by atoms with E-state index in [9.17, 15) is 14.4 Å². The molecule has 1 aliphatic rings. The number of ether oxygens (including phenoxy) is 1. The molecule has 0 bridgehead atoms. The molecule has 0 aliphatic heterocycles. The molecule has 3 amide bonds. The highest BCUT2D eigenvalue weighted by molar-refractivity contribution is 7.17. The third-order valence-electron chi connectivity index (χ3n) is 4.11. The fourth-order valence-electron chi connectivity index (χ4n) is 2.97. The summed E-state index contributed by atoms with van der Waals surface area (Å²) in [6, 6.07) is 3.17. The van der Waals surface area contributed by atoms with Crippen LogP contribution in [0.5, 0.6) is 0 Å². The summed E-state index contributed by atoms with van der Waals surface area (Å²) < 4.78 is 9.89. The Morgan fingerprint density at radius 2 is 2.00 bits per heavy atom. The van der Waals surface area contributed by atoms with Crippen molar-refractivity contribution in [2.45, 2.75) is 39.0 Å². The normalized spacial score (nSPS) is 13.4. The van der Waals surface area contributed by atoms with Gasteiger partial charge in [-0.15, -0.1) is 11.3 Å². The maximum atomic E-state index is 12.7. The number of thiophene rings is 1. The molecule has 0 saturated heterocycles. The summed E-state index contributed by atoms with van der Waals surface area (Å²) in [5.41, 5.74) is 1.25. The standard InChI is InChI=1S/C18H20N2O5S/c1-2-24-18(23)20-16(22)14-11-7-4-3-5-9-13(11)26-17(14)19-15(21)12-8-6-10-25-12/h6,8,10H,2-5,7,9H2,1H3,(H,19,21)(H,20,22,23). The van der Waals surface area contributed by atoms with Gasteiger partial charge in [0.25, 0.3) is 11.8 Å². The summed E-state index contributed by atoms with van der Waals surface area (Å²) in [6.45, 7) is 1.83. The van der Waals surface area contributed by atoms with E-state index in [1.807, 2.05) is 0 Å². The lowest BCUT2D eigenvalue weighted by Gasteiger charge is -2.09. The molecule has 2 aromatic heterocycles. The number of furan rings is 1. The Morgan fingerprint density at radius 1 is 1.19 bits per heavy atom. The van der Waals surface area contributed by atoms with Crippen molar-refractivity contribution in [1.29, 1.82) is 0 Å². The molecule has 3 rings (SSSR count). The van der Waals surface area contributed by atoms with Crippen LogP contribution in [0.4, 0.5) is 9.80 Å². The summed E-state index contributed by atoms with van der Waals surface area (Å²) >= 11 is 1.38. The van der Waals surface area contributed by atoms with Crippen LogP contribution in [-0.4, -0.2) is 24.5 Å². The molecule has 0 fully saturated rings. The molecule has 7 nitrogen and oxygen atoms in total. The third kappa shape index (κ3) is 3.96. The van der Waals surface area contributed by atoms with Crippen molar-refractivity contribution in [2.75, 3.05) is 11.9 Å². The Bertz CT molecular complexity index is 810. The number of anilines is 1. The molecular formula is C18H20N2O5S. The number of hydrogen-bond acceptors (Lipinski definition) is 6. The van der Waals surface area contributed by atoms with E-state index < -0.39 is 17.9 Å². The molecule has 1 aliphatic carbocycles. The lowest BCUT2D eigenvalue weighted by atomic mass is 10.0. The first-order chi connectivity index (χ1) is 12.6. The average molecular weight is 376 g/mol. The van der Waals surface area contributed by atoms with Crippen LogP contribution in [0.15, 0.2) is 22.8 Å². The molecule has 0 spiro atoms. The highest BCUT2D eigenvalue weighted by atomic mass is 32.1. The van der Waals surface area contributed by atoms with Crippen LogP contribution in [0, 0.1) is 0 Å². The molecule has 0 unspecified atom stereocenters. The Balaban J connectivity index is 1.91. The third-order valence-corrected chi connectivity index (χ3v) is 5.32. The average Bonchev–Trinajstić information content (AvgIpc) is 3.18. The van der Waals surface area contributed by atoms with Gasteiger partial charge in [0.1, 0.15) is 5.00 Å². The maximum Gasteiger partial charge on any atom is 0.414 e. The number of imide groups is 1. The first kappa shape index (κ1) is 18.2. The number of nitrogens with one attached hydrogen (secondary N) is 2. The van der Waals surface area contributed by atoms with Gasteiger partial charge in [0.2, 0.25) is 0 Å². The Kier molecular flexibility index (Phi) is 5.72. The molecule has 138 valence electrons. The molecule has 0 radical (unpaired) electrons. The molecule has 26 heavy (non-hydrogen) atoms. The zero-order valence-electron chi connectivity index (χ0n) is 14.4. The number of aryl methyl sites for hydroxylation is 1. The van der Waals surface area contributed by atoms with Crippen LogP contribution in [0.3, 0.4) is 0 Å². The fourth-order valence-corrected chi connectivity index (χ4v) is 4.25. The lowest BCUT2D eigenvalue weighted by Crippen LogP contribution is -2.32. The predicted octanol–water partition coefficient (Wildman–Crippen LogP) is 3.75. The Hall–Kier alpha value is -2.61. The van der Waals surface area contributed by atoms with Crippen molar-refractivity contribution < 1.29 is 23.5 Å². The number of carbonyl (C=O) groups is 3. The first-order valence-electron chi connectivity index (χ1n) is 8.57. The van der Waals surface area contributed by atoms with E-state index in [4.69, 9.17) is 9.15 Å². The molecule has 0 saturated carbocycles. The number of hydrogen-bond donors (Lipinski definition) is 2. The fraction of sp³-hybridized carbons (Fsp3) is 0.389. The number of fused-ring (bicyclic) bond motifs is 1. The smallest absolute Gasteiger partial charge is 0.414 e. The SMILES string of the molecule is CCOC(=O)NC(=O)c1c(NC(=O)c2ccco2)sc2c1CCCCC2. The summed E-state index contributed by atoms with van der Waals surface area (Å²) in [6.07, 6.45) is 5.31. The lowest BCUT2D eigenvalue weighted by molar-refractivity contribution is 0.0925. The van der Waals surface area contributed by atoms with E-state index in [0.717, 1.165) is 42.5 Å². The second kappa shape index (κ2) is 8.18. The van der Waals surface area contributed by atoms with Crippen LogP contribution < -0.4 is 10.6 Å². The number of rotatable bonds is 4. The topological polar surface area (TPSA) is 97.6 Å². The second-order valence-corrected chi connectivity index (χ2v) is 6.98. The summed E-state index contributed by atoms with van der Waals surface area (Å²) in [4.78, 5) is 37.7. The van der Waals surface area contributed by atoms with Crippen molar-refractivity contribution in [3.05, 3.63) is 40.2 Å². The molecule has 8 heteroatoms. The van der Waals surface area contributed by atoms with E-state index >= 15 is 0 Å². The van der Waals surface area contributed by atoms with Crippen molar-refractivity contribution in [2.24, 2.45) is 0 Å². The number of amides is 3. The zero-order valence-corrected chi connectivity index (χ0v) is 15.2. The van der Waals surface area contributed by atoms with E-state index in [2.05, 4.69) is 10.6 Å². The molecule has 2 heterocycles. The second-order valence-electron chi connectivity index (χ2n) is 5.87. The van der Waals surface area contributed by atoms with E-state index in [1.165, 1.54) is 17.6 Å². The molecular weight excluding hydrogens is 356 g/mol. The van der Waals surface area contributed by atoms with E-state index in [-0.39, 0.29) is 12.4 Å². The zero-order chi connectivity index (χ0) is 18.5. The summed E-state index contributed by atoms with van der Waals surface area (Å²) in [5, 5.41) is 5.41. The number of alkyl carbamates (subject to hydrolysis) is 1. The van der Waals surface area contributed by atoms with Crippen molar-refractivity contribution in [3.63, 3.8) is 0 Å². The van der Waals surface area contributed by atoms with Crippen LogP contribution in [-0.2, 0) is 17.6 Å². The van der Waals surface area contributed by atoms with Crippen LogP contribution in [0.25, 0.3) is 0 Å². The first-order valence-corrected chi connectivity index (χ1v) is 9.39. The maximum absolute atomic E-state index is 12.7. The van der Waals surface area contributed by atoms with Gasteiger partial charge >= 0.3 is 6.09 Å². The molecule has 0 atom stereocenters. The van der Waals surface area contributed by atoms with E-state index in [0.29, 0.717) is 10.6 Å². The summed E-state index contributed by atoms with van der Waals surface area (Å²) in [7, 11) is 0. The van der Waals surface area contributed by atoms with Crippen LogP contribution in [0.2, 0.25) is 0 Å². The minimum atomic E-state index is -0.797. The van der Waals surface area contributed by atoms with Gasteiger partial charge in [-0.2, -0.15) is 0 Å². The minimum absolute atomic E-state index is 0.158. The molecule has 0 aromatic carbocycles. The van der Waals surface area contributed by atoms with Crippen LogP contribution >= 0.6 is 11.3 Å². The largest absolute Gasteiger partial charge is 0.459 e. The van der Waals surface area contributed by atoms with Gasteiger partial charge < -0.3 is 14.5 Å². The monoisotopic (exact) mass is 376 g/mol. The van der Waals surface area contributed by atoms with Gasteiger partial charge in [0.15, 0.2) is 5.76 Å². The Morgan fingerprint density at radius 3 is 2.73 bits per heavy atom. The molecule has 2 N–H and O–H groups in total. The van der Waals surface area contributed by atoms with Crippen LogP contribution in [0.1, 0.15) is 57.5 Å². The molecule has 2 aromatic rings. The van der Waals surface area contributed by atoms with Crippen molar-refractivity contribution in [3.8, 4) is 0 Å². The quantitative estimate of drug-likeness (QED) is 0.792. The minimum Gasteiger partial charge on any atom is -0.459 e. The van der Waals surface area contributed by atoms with E-state index in [1.54, 1.807) is 19.1 Å². The van der Waals surface area contributed by atoms with Gasteiger partial charge in [-0.05, 0) is 50.3 Å². The van der Waals surface area contributed by atoms with Gasteiger partial charge in [-0.25, -0.2) is 4.79 Å². The van der Waals surface area contributed by atoms with Gasteiger partial charge in [0.05, 0.1) is 18.4 Å². The van der Waals surface area contributed by atoms with Crippen molar-refractivity contribution >= 4 is 34.2 Å². The Labute approximate surface area is 154 Å². The number of carbonyl (C=O) groups excluding carboxylic acids is 3. The highest BCUT2D eigenvalue weighted by Gasteiger charge is 2.27. The van der Waals surface area contributed by atoms with Gasteiger partial charge in [-0.1, -0.05) is 6.42 Å².